The fourth-order valence-electron chi connectivity index (χ4n) is 5.77. The van der Waals surface area contributed by atoms with Crippen LogP contribution in [0.4, 0.5) is 0 Å². The van der Waals surface area contributed by atoms with Crippen LogP contribution >= 0.6 is 0 Å². The van der Waals surface area contributed by atoms with Gasteiger partial charge in [-0.05, 0) is 114 Å². The summed E-state index contributed by atoms with van der Waals surface area (Å²) in [4.78, 5) is 41.0. The van der Waals surface area contributed by atoms with Gasteiger partial charge in [-0.15, -0.1) is 0 Å². The predicted octanol–water partition coefficient (Wildman–Crippen LogP) is 8.01. The molecule has 0 radical (unpaired) electrons. The van der Waals surface area contributed by atoms with E-state index < -0.39 is 0 Å². The van der Waals surface area contributed by atoms with Gasteiger partial charge in [-0.2, -0.15) is 0 Å². The van der Waals surface area contributed by atoms with E-state index in [0.29, 0.717) is 0 Å². The third-order valence-electron chi connectivity index (χ3n) is 8.47. The normalized spacial score (nSPS) is 13.0. The van der Waals surface area contributed by atoms with E-state index in [1.54, 1.807) is 18.2 Å². The van der Waals surface area contributed by atoms with Crippen molar-refractivity contribution in [3.8, 4) is 0 Å². The van der Waals surface area contributed by atoms with Crippen molar-refractivity contribution >= 4 is 17.7 Å². The van der Waals surface area contributed by atoms with Crippen molar-refractivity contribution in [2.75, 3.05) is 0 Å². The predicted molar refractivity (Wildman–Crippen MR) is 182 cm³/mol. The fourth-order valence-corrected chi connectivity index (χ4v) is 5.77. The van der Waals surface area contributed by atoms with Gasteiger partial charge in [-0.3, -0.25) is 14.4 Å². The van der Waals surface area contributed by atoms with Gasteiger partial charge in [0.15, 0.2) is 0 Å². The smallest absolute Gasteiger partial charge is 0.251 e. The molecule has 6 heteroatoms. The minimum absolute atomic E-state index is 0.240. The Hall–Kier alpha value is -4.71. The molecule has 3 N–H and O–H groups in total. The highest BCUT2D eigenvalue weighted by atomic mass is 16.2. The zero-order valence-electron chi connectivity index (χ0n) is 27.9. The molecular weight excluding hydrogens is 558 g/mol. The Morgan fingerprint density at radius 1 is 0.422 bits per heavy atom. The Kier molecular flexibility index (Phi) is 10.3. The molecule has 0 aromatic heterocycles. The molecule has 0 saturated carbocycles. The first-order chi connectivity index (χ1) is 21.2. The number of benzene rings is 4. The lowest BCUT2D eigenvalue weighted by Gasteiger charge is -2.20. The number of carbonyl (C=O) groups excluding carboxylic acids is 3. The molecule has 0 bridgehead atoms. The van der Waals surface area contributed by atoms with E-state index in [1.807, 2.05) is 98.7 Å². The molecule has 0 aliphatic rings. The van der Waals surface area contributed by atoms with Crippen molar-refractivity contribution in [3.05, 3.63) is 140 Å². The second kappa shape index (κ2) is 13.9. The summed E-state index contributed by atoms with van der Waals surface area (Å²) < 4.78 is 0. The molecule has 0 fully saturated rings. The Morgan fingerprint density at radius 2 is 0.667 bits per heavy atom. The van der Waals surface area contributed by atoms with Crippen molar-refractivity contribution in [3.63, 3.8) is 0 Å². The quantitative estimate of drug-likeness (QED) is 0.181. The standard InChI is InChI=1S/C39H45N3O3/c1-22-10-13-25(4)34(16-22)28(7)40-37(43)31-19-32(38(44)41-29(8)35-17-23(2)11-14-26(35)5)21-33(20-31)39(45)42-30(9)36-18-24(3)12-15-27(36)6/h10-21,28-30H,1-9H3,(H,40,43)(H,41,44)(H,42,45)/t28-,29-,30+/m1/s1. The highest BCUT2D eigenvalue weighted by Crippen LogP contribution is 2.23. The molecule has 0 saturated heterocycles. The molecule has 0 spiro atoms. The molecule has 0 unspecified atom stereocenters. The molecular formula is C39H45N3O3. The molecule has 4 aromatic carbocycles. The first-order valence-corrected chi connectivity index (χ1v) is 15.5. The molecule has 4 aromatic rings. The maximum absolute atomic E-state index is 13.7. The van der Waals surface area contributed by atoms with Gasteiger partial charge >= 0.3 is 0 Å². The third kappa shape index (κ3) is 8.07. The van der Waals surface area contributed by atoms with Crippen LogP contribution in [0.3, 0.4) is 0 Å². The number of rotatable bonds is 9. The van der Waals surface area contributed by atoms with Crippen LogP contribution < -0.4 is 16.0 Å². The number of aryl methyl sites for hydroxylation is 6. The number of hydrogen-bond donors (Lipinski definition) is 3. The highest BCUT2D eigenvalue weighted by molar-refractivity contribution is 6.04. The maximum Gasteiger partial charge on any atom is 0.251 e. The largest absolute Gasteiger partial charge is 0.346 e. The van der Waals surface area contributed by atoms with Gasteiger partial charge in [-0.1, -0.05) is 71.3 Å². The topological polar surface area (TPSA) is 87.3 Å². The summed E-state index contributed by atoms with van der Waals surface area (Å²) in [5.41, 5.74) is 10.3. The highest BCUT2D eigenvalue weighted by Gasteiger charge is 2.22. The molecule has 3 atom stereocenters. The van der Waals surface area contributed by atoms with Crippen LogP contribution in [0.5, 0.6) is 0 Å². The molecule has 3 amide bonds. The van der Waals surface area contributed by atoms with E-state index >= 15 is 0 Å². The second-order valence-electron chi connectivity index (χ2n) is 12.5. The second-order valence-corrected chi connectivity index (χ2v) is 12.5. The molecule has 234 valence electrons. The molecule has 45 heavy (non-hydrogen) atoms. The Balaban J connectivity index is 1.66. The molecule has 0 aliphatic heterocycles. The van der Waals surface area contributed by atoms with E-state index in [2.05, 4.69) is 34.1 Å². The summed E-state index contributed by atoms with van der Waals surface area (Å²) in [7, 11) is 0. The van der Waals surface area contributed by atoms with Gasteiger partial charge < -0.3 is 16.0 Å². The molecule has 4 rings (SSSR count). The van der Waals surface area contributed by atoms with Crippen molar-refractivity contribution in [1.82, 2.24) is 16.0 Å². The van der Waals surface area contributed by atoms with Gasteiger partial charge in [0.1, 0.15) is 0 Å². The number of nitrogens with one attached hydrogen (secondary N) is 3. The summed E-state index contributed by atoms with van der Waals surface area (Å²) in [6.07, 6.45) is 0. The van der Waals surface area contributed by atoms with Gasteiger partial charge in [0.25, 0.3) is 17.7 Å². The van der Waals surface area contributed by atoms with Crippen LogP contribution in [-0.2, 0) is 0 Å². The Morgan fingerprint density at radius 3 is 0.911 bits per heavy atom. The summed E-state index contributed by atoms with van der Waals surface area (Å²) >= 11 is 0. The molecule has 0 heterocycles. The SMILES string of the molecule is Cc1ccc(C)c([C@H](C)NC(=O)c2cc(C(=O)N[C@H](C)c3cc(C)ccc3C)cc(C(=O)N[C@H](C)c3cc(C)ccc3C)c2)c1. The lowest BCUT2D eigenvalue weighted by atomic mass is 9.97. The summed E-state index contributed by atoms with van der Waals surface area (Å²) in [5.74, 6) is -1.09. The van der Waals surface area contributed by atoms with Crippen LogP contribution in [-0.4, -0.2) is 17.7 Å². The minimum Gasteiger partial charge on any atom is -0.346 e. The van der Waals surface area contributed by atoms with Crippen molar-refractivity contribution in [2.45, 2.75) is 80.4 Å². The van der Waals surface area contributed by atoms with E-state index in [4.69, 9.17) is 0 Å². The maximum atomic E-state index is 13.7. The van der Waals surface area contributed by atoms with Crippen LogP contribution in [0.2, 0.25) is 0 Å². The van der Waals surface area contributed by atoms with E-state index in [9.17, 15) is 14.4 Å². The lowest BCUT2D eigenvalue weighted by molar-refractivity contribution is 0.0939. The Labute approximate surface area is 267 Å². The van der Waals surface area contributed by atoms with Crippen molar-refractivity contribution in [2.24, 2.45) is 0 Å². The zero-order valence-corrected chi connectivity index (χ0v) is 27.9. The number of hydrogen-bond acceptors (Lipinski definition) is 3. The number of amides is 3. The van der Waals surface area contributed by atoms with E-state index in [-0.39, 0.29) is 52.5 Å². The first-order valence-electron chi connectivity index (χ1n) is 15.5. The first kappa shape index (κ1) is 33.2. The van der Waals surface area contributed by atoms with Crippen LogP contribution in [0.15, 0.2) is 72.8 Å². The average molecular weight is 604 g/mol. The molecule has 6 nitrogen and oxygen atoms in total. The Bertz CT molecular complexity index is 1540. The van der Waals surface area contributed by atoms with Gasteiger partial charge in [0, 0.05) is 16.7 Å². The average Bonchev–Trinajstić information content (AvgIpc) is 3.00. The van der Waals surface area contributed by atoms with Crippen molar-refractivity contribution < 1.29 is 14.4 Å². The summed E-state index contributed by atoms with van der Waals surface area (Å²) in [5, 5.41) is 9.21. The molecule has 0 aliphatic carbocycles. The fraction of sp³-hybridized carbons (Fsp3) is 0.308. The van der Waals surface area contributed by atoms with Crippen LogP contribution in [0.25, 0.3) is 0 Å². The van der Waals surface area contributed by atoms with Gasteiger partial charge in [0.2, 0.25) is 0 Å². The van der Waals surface area contributed by atoms with E-state index in [0.717, 1.165) is 50.1 Å². The lowest BCUT2D eigenvalue weighted by Crippen LogP contribution is -2.31. The summed E-state index contributed by atoms with van der Waals surface area (Å²) in [6, 6.07) is 22.3. The van der Waals surface area contributed by atoms with E-state index in [1.165, 1.54) is 0 Å². The van der Waals surface area contributed by atoms with Gasteiger partial charge in [0.05, 0.1) is 18.1 Å². The minimum atomic E-state index is -0.364. The zero-order chi connectivity index (χ0) is 33.0. The monoisotopic (exact) mass is 603 g/mol. The van der Waals surface area contributed by atoms with Crippen molar-refractivity contribution in [1.29, 1.82) is 0 Å². The van der Waals surface area contributed by atoms with Crippen LogP contribution in [0.1, 0.15) is 120 Å². The number of carbonyl (C=O) groups is 3. The van der Waals surface area contributed by atoms with Gasteiger partial charge in [-0.25, -0.2) is 0 Å². The third-order valence-corrected chi connectivity index (χ3v) is 8.47. The summed E-state index contributed by atoms with van der Waals surface area (Å²) in [6.45, 7) is 17.9. The van der Waals surface area contributed by atoms with Crippen LogP contribution in [0, 0.1) is 41.5 Å².